The molecule has 14 heterocycles. The molecule has 122 heavy (non-hydrogen) atoms. The number of nitrogens with zero attached hydrogens (tertiary/aromatic N) is 12. The van der Waals surface area contributed by atoms with E-state index in [0.717, 1.165) is 30.3 Å². The summed E-state index contributed by atoms with van der Waals surface area (Å²) in [5.74, 6) is -4.56. The Morgan fingerprint density at radius 1 is 0.410 bits per heavy atom. The molecular formula is C82H58N18O18S4. The average Bonchev–Trinajstić information content (AvgIpc) is 1.35. The first-order chi connectivity index (χ1) is 59.3. The number of aromatic hydroxyl groups is 2. The van der Waals surface area contributed by atoms with Crippen LogP contribution in [0.15, 0.2) is 265 Å². The highest BCUT2D eigenvalue weighted by molar-refractivity contribution is 7.21. The summed E-state index contributed by atoms with van der Waals surface area (Å²) in [6.07, 6.45) is 29.4. The van der Waals surface area contributed by atoms with Crippen molar-refractivity contribution < 1.29 is 88.4 Å². The van der Waals surface area contributed by atoms with Gasteiger partial charge in [0.2, 0.25) is 0 Å². The number of thiazole rings is 2. The number of aromatic amines is 6. The van der Waals surface area contributed by atoms with Crippen LogP contribution in [0, 0.1) is 0 Å². The molecule has 0 saturated heterocycles. The quantitative estimate of drug-likeness (QED) is 0.0481. The smallest absolute Gasteiger partial charge is 0.188 e. The van der Waals surface area contributed by atoms with E-state index in [1.807, 2.05) is 36.4 Å². The van der Waals surface area contributed by atoms with Crippen LogP contribution in [0.4, 0.5) is 0 Å². The molecule has 0 bridgehead atoms. The van der Waals surface area contributed by atoms with Gasteiger partial charge in [0.15, 0.2) is 59.0 Å². The number of oxazole rings is 2. The van der Waals surface area contributed by atoms with Crippen molar-refractivity contribution in [1.29, 1.82) is 0 Å². The molecule has 7 unspecified atom stereocenters. The molecule has 0 spiro atoms. The number of allylic oxidation sites excluding steroid dienone is 15. The summed E-state index contributed by atoms with van der Waals surface area (Å²) in [6, 6.07) is 19.6. The third-order valence-corrected chi connectivity index (χ3v) is 24.6. The van der Waals surface area contributed by atoms with Crippen molar-refractivity contribution in [2.75, 3.05) is 6.54 Å². The number of hydrogen-bond acceptors (Lipinski definition) is 34. The zero-order valence-corrected chi connectivity index (χ0v) is 65.4. The highest BCUT2D eigenvalue weighted by Gasteiger charge is 2.50. The number of fused-ring (bicyclic) bond motifs is 2. The molecule has 15 N–H and O–H groups in total. The monoisotopic (exact) mass is 1710 g/mol. The maximum absolute atomic E-state index is 12.8. The maximum Gasteiger partial charge on any atom is 0.188 e. The van der Waals surface area contributed by atoms with Crippen LogP contribution in [0.1, 0.15) is 113 Å². The number of aliphatic hydroxyl groups is 7. The molecule has 14 aromatic rings. The molecule has 9 aliphatic rings. The first-order valence-corrected chi connectivity index (χ1v) is 39.8. The van der Waals surface area contributed by atoms with Gasteiger partial charge in [0, 0.05) is 93.5 Å². The maximum atomic E-state index is 12.8. The van der Waals surface area contributed by atoms with Crippen molar-refractivity contribution in [2.45, 2.75) is 47.8 Å². The van der Waals surface area contributed by atoms with Crippen LogP contribution in [-0.2, 0) is 33.6 Å². The molecule has 608 valence electrons. The van der Waals surface area contributed by atoms with Crippen LogP contribution in [0.25, 0.3) is 48.0 Å². The van der Waals surface area contributed by atoms with Crippen LogP contribution in [0.2, 0.25) is 0 Å². The Bertz CT molecular complexity index is 6280. The summed E-state index contributed by atoms with van der Waals surface area (Å²) in [5.41, 5.74) is 10.6. The predicted molar refractivity (Wildman–Crippen MR) is 440 cm³/mol. The Morgan fingerprint density at radius 2 is 0.934 bits per heavy atom. The second-order valence-electron chi connectivity index (χ2n) is 27.4. The molecule has 40 heteroatoms. The number of aromatic nitrogens is 16. The first kappa shape index (κ1) is 78.7. The number of hydrogen-bond donors (Lipinski definition) is 15. The van der Waals surface area contributed by atoms with Crippen molar-refractivity contribution in [3.8, 4) is 11.5 Å². The standard InChI is InChI=1S/C20H12O4S2.2C11H9N3O2.2C10H8N4O2.C10H6N2O4.C10H6N2O2S2/c21-15-9-5-1-3-7-11(9)25-19(15)13-17(23)14(18(13)24)20-16(22)10-6-2-4-8-12(10)26-20;15-10-8(6-1-3-12-5-6)11(16)9(10)7-2-4-13-14-7;15-10-8(6-1-2-12-3-6)11(16)9(10)7-4-13-5-14-7;15-9-7(5-1-11-3-13-5)10(16)8(9)6-2-12-4-14-6;15-9-7(5-1-3-11-13-5)10(16)8(9)6-2-4-12-14-6;2*13-9-7(5-1-11-3-15-5)10(14)8(9)6-2-12-4-16-6/h1-8,13,21-23H;1-4,9,15H,5H2,(H,13,14);2-5,9,15H,1H2,(H,13,14);2*1-4,7,15H,(H,11,13)(H,12,14);2*1-4,7,13H. The summed E-state index contributed by atoms with van der Waals surface area (Å²) < 4.78 is 11.6. The van der Waals surface area contributed by atoms with E-state index in [2.05, 4.69) is 90.4 Å². The second kappa shape index (κ2) is 32.9. The van der Waals surface area contributed by atoms with E-state index in [9.17, 15) is 79.5 Å². The van der Waals surface area contributed by atoms with Gasteiger partial charge in [-0.05, 0) is 59.7 Å². The lowest BCUT2D eigenvalue weighted by Gasteiger charge is -2.27. The van der Waals surface area contributed by atoms with Crippen LogP contribution in [0.5, 0.6) is 11.5 Å². The van der Waals surface area contributed by atoms with Gasteiger partial charge in [-0.25, -0.2) is 24.9 Å². The highest BCUT2D eigenvalue weighted by atomic mass is 32.1. The van der Waals surface area contributed by atoms with Gasteiger partial charge in [-0.1, -0.05) is 24.3 Å². The van der Waals surface area contributed by atoms with Crippen LogP contribution in [0.3, 0.4) is 0 Å². The molecule has 0 radical (unpaired) electrons. The molecular weight excluding hydrogens is 1650 g/mol. The summed E-state index contributed by atoms with van der Waals surface area (Å²) in [7, 11) is 0. The van der Waals surface area contributed by atoms with Gasteiger partial charge in [0.05, 0.1) is 137 Å². The third kappa shape index (κ3) is 13.9. The van der Waals surface area contributed by atoms with E-state index >= 15 is 0 Å². The Morgan fingerprint density at radius 3 is 1.42 bits per heavy atom. The number of thiophene rings is 2. The van der Waals surface area contributed by atoms with Crippen LogP contribution >= 0.6 is 45.3 Å². The largest absolute Gasteiger partial charge is 0.510 e. The minimum Gasteiger partial charge on any atom is -0.510 e. The van der Waals surface area contributed by atoms with Gasteiger partial charge in [0.1, 0.15) is 105 Å². The molecule has 23 rings (SSSR count). The number of imidazole rings is 3. The predicted octanol–water partition coefficient (Wildman–Crippen LogP) is 12.4. The SMILES string of the molecule is O=C1C(C2=CC=NC2)=C(O)C1c1ccn[nH]1.O=C1C(C2=CN=CC2)=C(O)C1c1cnc[nH]1.O=C1C(c2ccn[nH]2)=C(O)C1c1ccn[nH]1.O=C1C(c2cnc[nH]2)=C(O)C1c1cnc[nH]1.O=C1C(c2cnco2)=C(O)C1c1cnco1.O=C1C(c2cncs2)=C(O)C1c1cncs1.O=C1C(c2sc3ccccc3c2O)=C(O)C1c1sc2ccccc2c1O. The van der Waals surface area contributed by atoms with Crippen LogP contribution < -0.4 is 0 Å². The number of carbonyl (C=O) groups is 7. The minimum absolute atomic E-state index is 0.0134. The number of rotatable bonds is 14. The Kier molecular flexibility index (Phi) is 21.2. The zero-order chi connectivity index (χ0) is 84.7. The van der Waals surface area contributed by atoms with E-state index in [1.165, 1.54) is 108 Å². The Labute approximate surface area is 698 Å². The van der Waals surface area contributed by atoms with Crippen molar-refractivity contribution in [2.24, 2.45) is 9.98 Å². The topological polar surface area (TPSA) is 576 Å². The van der Waals surface area contributed by atoms with Gasteiger partial charge in [-0.15, -0.1) is 45.3 Å². The molecule has 2 aliphatic heterocycles. The Balaban J connectivity index is 0.000000102. The third-order valence-electron chi connectivity index (χ3n) is 20.5. The van der Waals surface area contributed by atoms with E-state index in [-0.39, 0.29) is 109 Å². The molecule has 0 fully saturated rings. The number of aliphatic imine (C=N–C) groups is 2. The van der Waals surface area contributed by atoms with E-state index < -0.39 is 41.4 Å². The normalized spacial score (nSPS) is 20.4. The van der Waals surface area contributed by atoms with Crippen molar-refractivity contribution in [3.05, 3.63) is 312 Å². The molecule has 7 aliphatic carbocycles. The van der Waals surface area contributed by atoms with E-state index in [1.54, 1.807) is 97.0 Å². The van der Waals surface area contributed by atoms with Gasteiger partial charge in [-0.2, -0.15) is 15.3 Å². The van der Waals surface area contributed by atoms with E-state index in [0.29, 0.717) is 101 Å². The molecule has 0 saturated carbocycles. The van der Waals surface area contributed by atoms with Crippen molar-refractivity contribution >= 4 is 146 Å². The van der Waals surface area contributed by atoms with Crippen molar-refractivity contribution in [3.63, 3.8) is 0 Å². The van der Waals surface area contributed by atoms with E-state index in [4.69, 9.17) is 8.83 Å². The zero-order valence-electron chi connectivity index (χ0n) is 62.1. The Hall–Kier alpha value is -15.8. The number of carbonyl (C=O) groups excluding carboxylic acids is 7. The lowest BCUT2D eigenvalue weighted by molar-refractivity contribution is -0.120. The number of aliphatic hydroxyl groups excluding tert-OH is 7. The number of ketones is 7. The molecule has 12 aromatic heterocycles. The molecule has 7 atom stereocenters. The molecule has 36 nitrogen and oxygen atoms in total. The minimum atomic E-state index is -0.869. The molecule has 2 aromatic carbocycles. The highest BCUT2D eigenvalue weighted by Crippen LogP contribution is 2.55. The first-order valence-electron chi connectivity index (χ1n) is 36.4. The summed E-state index contributed by atoms with van der Waals surface area (Å²) in [5, 5.41) is 111. The average molecular weight is 1710 g/mol. The lowest BCUT2D eigenvalue weighted by Crippen LogP contribution is -2.31. The van der Waals surface area contributed by atoms with Gasteiger partial charge in [0.25, 0.3) is 0 Å². The number of H-pyrrole nitrogens is 6. The van der Waals surface area contributed by atoms with Crippen LogP contribution in [-0.4, -0.2) is 186 Å². The van der Waals surface area contributed by atoms with Gasteiger partial charge in [-0.3, -0.25) is 68.8 Å². The van der Waals surface area contributed by atoms with Gasteiger partial charge >= 0.3 is 0 Å². The lowest BCUT2D eigenvalue weighted by atomic mass is 9.76. The fraction of sp³-hybridized carbons (Fsp3) is 0.110. The number of nitrogens with one attached hydrogen (secondary N) is 6. The fourth-order valence-electron chi connectivity index (χ4n) is 14.4. The summed E-state index contributed by atoms with van der Waals surface area (Å²) in [4.78, 5) is 129. The summed E-state index contributed by atoms with van der Waals surface area (Å²) >= 11 is 5.30. The van der Waals surface area contributed by atoms with Crippen molar-refractivity contribution in [1.82, 2.24) is 80.4 Å². The fourth-order valence-corrected chi connectivity index (χ4v) is 18.2. The number of Topliss-reactive ketones (excluding diaryl/α,β-unsaturated/α-hetero) is 7. The second-order valence-corrected chi connectivity index (χ2v) is 31.3. The number of benzene rings is 2. The summed E-state index contributed by atoms with van der Waals surface area (Å²) in [6.45, 7) is 0.473. The molecule has 0 amide bonds. The van der Waals surface area contributed by atoms with Gasteiger partial charge < -0.3 is 69.7 Å².